The third-order valence-electron chi connectivity index (χ3n) is 4.86. The van der Waals surface area contributed by atoms with Gasteiger partial charge in [0.15, 0.2) is 0 Å². The number of ether oxygens (including phenoxy) is 1. The first kappa shape index (κ1) is 20.3. The Morgan fingerprint density at radius 2 is 2.00 bits per heavy atom. The molecule has 0 aliphatic heterocycles. The van der Waals surface area contributed by atoms with Gasteiger partial charge in [0.05, 0.1) is 12.3 Å². The Morgan fingerprint density at radius 1 is 1.16 bits per heavy atom. The molecule has 31 heavy (non-hydrogen) atoms. The van der Waals surface area contributed by atoms with Crippen molar-refractivity contribution in [1.29, 1.82) is 0 Å². The fourth-order valence-electron chi connectivity index (χ4n) is 3.25. The Kier molecular flexibility index (Phi) is 6.07. The number of carbonyl (C=O) groups is 1. The highest BCUT2D eigenvalue weighted by Crippen LogP contribution is 2.21. The van der Waals surface area contributed by atoms with Crippen molar-refractivity contribution < 1.29 is 9.53 Å². The highest BCUT2D eigenvalue weighted by atomic mass is 16.5. The Labute approximate surface area is 179 Å². The summed E-state index contributed by atoms with van der Waals surface area (Å²) in [4.78, 5) is 29.0. The van der Waals surface area contributed by atoms with Crippen LogP contribution in [0.25, 0.3) is 16.8 Å². The summed E-state index contributed by atoms with van der Waals surface area (Å²) in [6.45, 7) is 3.24. The summed E-state index contributed by atoms with van der Waals surface area (Å²) in [5.41, 5.74) is 2.80. The average molecular weight is 417 g/mol. The molecule has 0 saturated heterocycles. The Hall–Kier alpha value is -3.94. The Bertz CT molecular complexity index is 1230. The summed E-state index contributed by atoms with van der Waals surface area (Å²) < 4.78 is 8.56. The molecule has 0 fully saturated rings. The van der Waals surface area contributed by atoms with Crippen molar-refractivity contribution in [3.63, 3.8) is 0 Å². The van der Waals surface area contributed by atoms with E-state index < -0.39 is 0 Å². The van der Waals surface area contributed by atoms with Gasteiger partial charge < -0.3 is 14.6 Å². The van der Waals surface area contributed by atoms with Crippen LogP contribution in [0.3, 0.4) is 0 Å². The lowest BCUT2D eigenvalue weighted by Gasteiger charge is -2.07. The monoisotopic (exact) mass is 417 g/mol. The van der Waals surface area contributed by atoms with Crippen LogP contribution in [0.5, 0.6) is 5.75 Å². The van der Waals surface area contributed by atoms with E-state index in [9.17, 15) is 9.59 Å². The average Bonchev–Trinajstić information content (AvgIpc) is 3.24. The standard InChI is InChI=1S/C23H23N5O3/c1-2-31-19-7-5-18(6-8-19)20-14-21-23(30)27(12-13-28(21)26-20)11-9-22(29)25-16-17-4-3-10-24-15-17/h3-8,10,12-15H,2,9,11,16H2,1H3,(H,25,29). The SMILES string of the molecule is CCOc1ccc(-c2cc3c(=O)n(CCC(=O)NCc4cccnc4)ccn3n2)cc1. The first-order chi connectivity index (χ1) is 15.1. The third-order valence-corrected chi connectivity index (χ3v) is 4.86. The molecule has 0 bridgehead atoms. The molecule has 0 aliphatic rings. The van der Waals surface area contributed by atoms with Gasteiger partial charge in [-0.25, -0.2) is 4.52 Å². The molecule has 0 spiro atoms. The molecule has 1 N–H and O–H groups in total. The summed E-state index contributed by atoms with van der Waals surface area (Å²) >= 11 is 0. The van der Waals surface area contributed by atoms with Crippen LogP contribution in [0.2, 0.25) is 0 Å². The highest BCUT2D eigenvalue weighted by molar-refractivity contribution is 5.75. The summed E-state index contributed by atoms with van der Waals surface area (Å²) in [7, 11) is 0. The molecule has 0 saturated carbocycles. The van der Waals surface area contributed by atoms with E-state index in [4.69, 9.17) is 4.74 Å². The van der Waals surface area contributed by atoms with Crippen LogP contribution in [0.1, 0.15) is 18.9 Å². The van der Waals surface area contributed by atoms with Crippen molar-refractivity contribution >= 4 is 11.4 Å². The number of pyridine rings is 1. The van der Waals surface area contributed by atoms with Crippen LogP contribution in [0.15, 0.2) is 72.0 Å². The predicted octanol–water partition coefficient (Wildman–Crippen LogP) is 2.66. The number of aromatic nitrogens is 4. The van der Waals surface area contributed by atoms with Crippen LogP contribution < -0.4 is 15.6 Å². The minimum absolute atomic E-state index is 0.126. The summed E-state index contributed by atoms with van der Waals surface area (Å²) in [5, 5.41) is 7.34. The van der Waals surface area contributed by atoms with E-state index in [-0.39, 0.29) is 24.4 Å². The summed E-state index contributed by atoms with van der Waals surface area (Å²) in [6, 6.07) is 13.1. The zero-order valence-corrected chi connectivity index (χ0v) is 17.2. The summed E-state index contributed by atoms with van der Waals surface area (Å²) in [6.07, 6.45) is 6.98. The van der Waals surface area contributed by atoms with Gasteiger partial charge in [-0.15, -0.1) is 0 Å². The lowest BCUT2D eigenvalue weighted by molar-refractivity contribution is -0.121. The molecule has 1 amide bonds. The molecule has 0 aliphatic carbocycles. The van der Waals surface area contributed by atoms with Crippen LogP contribution in [-0.4, -0.2) is 31.7 Å². The van der Waals surface area contributed by atoms with Crippen LogP contribution in [-0.2, 0) is 17.9 Å². The largest absolute Gasteiger partial charge is 0.494 e. The van der Waals surface area contributed by atoms with Crippen LogP contribution >= 0.6 is 0 Å². The smallest absolute Gasteiger partial charge is 0.276 e. The number of nitrogens with one attached hydrogen (secondary N) is 1. The molecule has 158 valence electrons. The lowest BCUT2D eigenvalue weighted by Crippen LogP contribution is -2.27. The minimum atomic E-state index is -0.188. The fourth-order valence-corrected chi connectivity index (χ4v) is 3.25. The molecule has 3 aromatic heterocycles. The topological polar surface area (TPSA) is 90.5 Å². The van der Waals surface area contributed by atoms with Gasteiger partial charge in [0.2, 0.25) is 5.91 Å². The molecule has 1 aromatic carbocycles. The minimum Gasteiger partial charge on any atom is -0.494 e. The zero-order valence-electron chi connectivity index (χ0n) is 17.2. The maximum absolute atomic E-state index is 12.8. The molecular weight excluding hydrogens is 394 g/mol. The number of benzene rings is 1. The zero-order chi connectivity index (χ0) is 21.6. The Morgan fingerprint density at radius 3 is 2.74 bits per heavy atom. The van der Waals surface area contributed by atoms with Gasteiger partial charge in [-0.3, -0.25) is 14.6 Å². The van der Waals surface area contributed by atoms with Crippen molar-refractivity contribution in [3.8, 4) is 17.0 Å². The predicted molar refractivity (Wildman–Crippen MR) is 117 cm³/mol. The molecule has 3 heterocycles. The maximum Gasteiger partial charge on any atom is 0.276 e. The number of hydrogen-bond donors (Lipinski definition) is 1. The number of aryl methyl sites for hydroxylation is 1. The molecule has 4 aromatic rings. The van der Waals surface area contributed by atoms with Gasteiger partial charge in [-0.1, -0.05) is 6.07 Å². The van der Waals surface area contributed by atoms with Gasteiger partial charge in [0.25, 0.3) is 5.56 Å². The van der Waals surface area contributed by atoms with Crippen LogP contribution in [0.4, 0.5) is 0 Å². The fraction of sp³-hybridized carbons (Fsp3) is 0.217. The van der Waals surface area contributed by atoms with Crippen molar-refractivity contribution in [1.82, 2.24) is 24.5 Å². The van der Waals surface area contributed by atoms with Gasteiger partial charge >= 0.3 is 0 Å². The highest BCUT2D eigenvalue weighted by Gasteiger charge is 2.10. The van der Waals surface area contributed by atoms with Crippen molar-refractivity contribution in [2.45, 2.75) is 26.4 Å². The van der Waals surface area contributed by atoms with Crippen molar-refractivity contribution in [2.24, 2.45) is 0 Å². The van der Waals surface area contributed by atoms with Crippen molar-refractivity contribution in [2.75, 3.05) is 6.61 Å². The normalized spacial score (nSPS) is 10.9. The second kappa shape index (κ2) is 9.25. The molecule has 8 nitrogen and oxygen atoms in total. The first-order valence-corrected chi connectivity index (χ1v) is 10.1. The molecule has 8 heteroatoms. The molecule has 0 atom stereocenters. The third kappa shape index (κ3) is 4.80. The number of fused-ring (bicyclic) bond motifs is 1. The van der Waals surface area contributed by atoms with E-state index in [1.807, 2.05) is 43.3 Å². The quantitative estimate of drug-likeness (QED) is 0.476. The van der Waals surface area contributed by atoms with Gasteiger partial charge in [-0.2, -0.15) is 5.10 Å². The van der Waals surface area contributed by atoms with Crippen molar-refractivity contribution in [3.05, 3.63) is 83.2 Å². The molecule has 0 radical (unpaired) electrons. The number of nitrogens with zero attached hydrogens (tertiary/aromatic N) is 4. The molecular formula is C23H23N5O3. The van der Waals surface area contributed by atoms with E-state index >= 15 is 0 Å². The number of rotatable bonds is 8. The number of hydrogen-bond acceptors (Lipinski definition) is 5. The molecule has 4 rings (SSSR count). The van der Waals surface area contributed by atoms with E-state index in [0.29, 0.717) is 24.4 Å². The second-order valence-corrected chi connectivity index (χ2v) is 7.00. The number of amides is 1. The van der Waals surface area contributed by atoms with E-state index in [2.05, 4.69) is 15.4 Å². The van der Waals surface area contributed by atoms with Gasteiger partial charge in [-0.05, 0) is 48.9 Å². The van der Waals surface area contributed by atoms with E-state index in [1.165, 1.54) is 4.57 Å². The summed E-state index contributed by atoms with van der Waals surface area (Å²) in [5.74, 6) is 0.665. The van der Waals surface area contributed by atoms with E-state index in [1.54, 1.807) is 35.4 Å². The lowest BCUT2D eigenvalue weighted by atomic mass is 10.1. The maximum atomic E-state index is 12.8. The van der Waals surface area contributed by atoms with Gasteiger partial charge in [0.1, 0.15) is 11.3 Å². The van der Waals surface area contributed by atoms with Crippen LogP contribution in [0, 0.1) is 0 Å². The molecule has 0 unspecified atom stereocenters. The van der Waals surface area contributed by atoms with E-state index in [0.717, 1.165) is 16.9 Å². The van der Waals surface area contributed by atoms with Gasteiger partial charge in [0, 0.05) is 49.9 Å². The first-order valence-electron chi connectivity index (χ1n) is 10.1. The Balaban J connectivity index is 1.44. The number of carbonyl (C=O) groups excluding carboxylic acids is 1. The second-order valence-electron chi connectivity index (χ2n) is 7.00.